The van der Waals surface area contributed by atoms with Crippen LogP contribution in [0, 0.1) is 6.92 Å². The Kier molecular flexibility index (Phi) is 5.79. The molecule has 5 heteroatoms. The fourth-order valence-corrected chi connectivity index (χ4v) is 3.58. The van der Waals surface area contributed by atoms with E-state index in [0.29, 0.717) is 6.61 Å². The summed E-state index contributed by atoms with van der Waals surface area (Å²) in [6.45, 7) is 6.69. The van der Waals surface area contributed by atoms with Crippen molar-refractivity contribution in [3.63, 3.8) is 0 Å². The summed E-state index contributed by atoms with van der Waals surface area (Å²) in [5, 5.41) is 3.22. The maximum Gasteiger partial charge on any atom is 0.131 e. The number of ether oxygens (including phenoxy) is 1. The second-order valence-electron chi connectivity index (χ2n) is 5.27. The van der Waals surface area contributed by atoms with Gasteiger partial charge >= 0.3 is 0 Å². The number of thiazole rings is 1. The minimum absolute atomic E-state index is 0.104. The molecule has 1 aromatic carbocycles. The molecule has 2 N–H and O–H groups in total. The Morgan fingerprint density at radius 1 is 1.43 bits per heavy atom. The third kappa shape index (κ3) is 4.53. The molecule has 0 spiro atoms. The lowest BCUT2D eigenvalue weighted by molar-refractivity contribution is 0.296. The van der Waals surface area contributed by atoms with Gasteiger partial charge in [0.15, 0.2) is 0 Å². The SMILES string of the molecule is CCc1nc(COc2c(C)cc(Br)cc2CC(C)N)cs1. The first-order valence-electron chi connectivity index (χ1n) is 7.10. The Morgan fingerprint density at radius 2 is 2.19 bits per heavy atom. The Hall–Kier alpha value is -0.910. The lowest BCUT2D eigenvalue weighted by Gasteiger charge is -2.16. The number of aromatic nitrogens is 1. The molecule has 0 aliphatic rings. The molecule has 0 aliphatic carbocycles. The summed E-state index contributed by atoms with van der Waals surface area (Å²) in [7, 11) is 0. The van der Waals surface area contributed by atoms with Gasteiger partial charge in [-0.1, -0.05) is 22.9 Å². The van der Waals surface area contributed by atoms with Gasteiger partial charge in [-0.25, -0.2) is 4.98 Å². The molecule has 0 radical (unpaired) electrons. The predicted molar refractivity (Wildman–Crippen MR) is 92.1 cm³/mol. The van der Waals surface area contributed by atoms with Crippen molar-refractivity contribution < 1.29 is 4.74 Å². The van der Waals surface area contributed by atoms with Crippen LogP contribution in [0.1, 0.15) is 35.7 Å². The van der Waals surface area contributed by atoms with E-state index in [2.05, 4.69) is 52.3 Å². The van der Waals surface area contributed by atoms with Gasteiger partial charge in [-0.15, -0.1) is 11.3 Å². The standard InChI is InChI=1S/C16H21BrN2OS/c1-4-15-19-14(9-21-15)8-20-16-10(2)5-13(17)7-12(16)6-11(3)18/h5,7,9,11H,4,6,8,18H2,1-3H3. The van der Waals surface area contributed by atoms with E-state index in [9.17, 15) is 0 Å². The van der Waals surface area contributed by atoms with Crippen molar-refractivity contribution in [3.8, 4) is 5.75 Å². The van der Waals surface area contributed by atoms with Crippen LogP contribution in [-0.2, 0) is 19.4 Å². The van der Waals surface area contributed by atoms with Crippen molar-refractivity contribution in [2.45, 2.75) is 46.3 Å². The minimum Gasteiger partial charge on any atom is -0.487 e. The summed E-state index contributed by atoms with van der Waals surface area (Å²) in [4.78, 5) is 4.54. The molecule has 0 amide bonds. The molecule has 0 fully saturated rings. The highest BCUT2D eigenvalue weighted by molar-refractivity contribution is 9.10. The predicted octanol–water partition coefficient (Wildman–Crippen LogP) is 4.25. The van der Waals surface area contributed by atoms with Gasteiger partial charge in [-0.05, 0) is 49.9 Å². The number of hydrogen-bond donors (Lipinski definition) is 1. The van der Waals surface area contributed by atoms with Crippen LogP contribution in [0.15, 0.2) is 22.0 Å². The summed E-state index contributed by atoms with van der Waals surface area (Å²) < 4.78 is 7.10. The highest BCUT2D eigenvalue weighted by Gasteiger charge is 2.12. The maximum absolute atomic E-state index is 6.04. The van der Waals surface area contributed by atoms with Gasteiger partial charge in [-0.3, -0.25) is 0 Å². The van der Waals surface area contributed by atoms with Gasteiger partial charge in [0, 0.05) is 15.9 Å². The largest absolute Gasteiger partial charge is 0.487 e. The van der Waals surface area contributed by atoms with E-state index >= 15 is 0 Å². The molecule has 0 saturated heterocycles. The fourth-order valence-electron chi connectivity index (χ4n) is 2.23. The normalized spacial score (nSPS) is 12.4. The average Bonchev–Trinajstić information content (AvgIpc) is 2.84. The monoisotopic (exact) mass is 368 g/mol. The van der Waals surface area contributed by atoms with E-state index in [0.717, 1.165) is 44.9 Å². The molecule has 2 aromatic rings. The molecule has 1 unspecified atom stereocenters. The number of nitrogens with zero attached hydrogens (tertiary/aromatic N) is 1. The van der Waals surface area contributed by atoms with Crippen molar-refractivity contribution in [1.29, 1.82) is 0 Å². The van der Waals surface area contributed by atoms with Gasteiger partial charge in [-0.2, -0.15) is 0 Å². The van der Waals surface area contributed by atoms with Crippen LogP contribution < -0.4 is 10.5 Å². The molecule has 1 atom stereocenters. The van der Waals surface area contributed by atoms with Crippen molar-refractivity contribution >= 4 is 27.3 Å². The zero-order valence-corrected chi connectivity index (χ0v) is 15.1. The topological polar surface area (TPSA) is 48.1 Å². The smallest absolute Gasteiger partial charge is 0.131 e. The van der Waals surface area contributed by atoms with Crippen LogP contribution in [0.5, 0.6) is 5.75 Å². The molecule has 0 saturated carbocycles. The van der Waals surface area contributed by atoms with Crippen molar-refractivity contribution in [2.24, 2.45) is 5.73 Å². The van der Waals surface area contributed by atoms with Crippen LogP contribution in [0.2, 0.25) is 0 Å². The van der Waals surface area contributed by atoms with E-state index in [-0.39, 0.29) is 6.04 Å². The van der Waals surface area contributed by atoms with Crippen molar-refractivity contribution in [1.82, 2.24) is 4.98 Å². The lowest BCUT2D eigenvalue weighted by atomic mass is 10.0. The second-order valence-corrected chi connectivity index (χ2v) is 7.13. The molecule has 0 aliphatic heterocycles. The van der Waals surface area contributed by atoms with E-state index in [1.807, 2.05) is 6.92 Å². The van der Waals surface area contributed by atoms with Crippen LogP contribution in [0.25, 0.3) is 0 Å². The van der Waals surface area contributed by atoms with Gasteiger partial charge in [0.1, 0.15) is 12.4 Å². The molecule has 114 valence electrons. The van der Waals surface area contributed by atoms with Crippen molar-refractivity contribution in [3.05, 3.63) is 43.8 Å². The van der Waals surface area contributed by atoms with E-state index in [4.69, 9.17) is 10.5 Å². The highest BCUT2D eigenvalue weighted by Crippen LogP contribution is 2.29. The van der Waals surface area contributed by atoms with E-state index in [1.165, 1.54) is 0 Å². The number of halogens is 1. The van der Waals surface area contributed by atoms with Crippen LogP contribution in [0.4, 0.5) is 0 Å². The zero-order chi connectivity index (χ0) is 15.4. The average molecular weight is 369 g/mol. The van der Waals surface area contributed by atoms with Crippen LogP contribution >= 0.6 is 27.3 Å². The molecule has 1 aromatic heterocycles. The summed E-state index contributed by atoms with van der Waals surface area (Å²) in [5.41, 5.74) is 9.19. The lowest BCUT2D eigenvalue weighted by Crippen LogP contribution is -2.18. The Labute approximate surface area is 138 Å². The molecule has 3 nitrogen and oxygen atoms in total. The minimum atomic E-state index is 0.104. The van der Waals surface area contributed by atoms with Crippen LogP contribution in [-0.4, -0.2) is 11.0 Å². The van der Waals surface area contributed by atoms with Crippen LogP contribution in [0.3, 0.4) is 0 Å². The first kappa shape index (κ1) is 16.5. The first-order valence-corrected chi connectivity index (χ1v) is 8.77. The zero-order valence-electron chi connectivity index (χ0n) is 12.6. The summed E-state index contributed by atoms with van der Waals surface area (Å²) in [6.07, 6.45) is 1.77. The Morgan fingerprint density at radius 3 is 2.81 bits per heavy atom. The molecule has 0 bridgehead atoms. The third-order valence-corrected chi connectivity index (χ3v) is 4.62. The molecular formula is C16H21BrN2OS. The van der Waals surface area contributed by atoms with Gasteiger partial charge in [0.25, 0.3) is 0 Å². The third-order valence-electron chi connectivity index (χ3n) is 3.12. The van der Waals surface area contributed by atoms with Crippen molar-refractivity contribution in [2.75, 3.05) is 0 Å². The van der Waals surface area contributed by atoms with E-state index < -0.39 is 0 Å². The Balaban J connectivity index is 2.17. The first-order chi connectivity index (χ1) is 9.99. The van der Waals surface area contributed by atoms with Gasteiger partial charge in [0.05, 0.1) is 10.7 Å². The Bertz CT molecular complexity index is 610. The quantitative estimate of drug-likeness (QED) is 0.828. The fraction of sp³-hybridized carbons (Fsp3) is 0.438. The number of rotatable bonds is 6. The molecule has 21 heavy (non-hydrogen) atoms. The highest BCUT2D eigenvalue weighted by atomic mass is 79.9. The number of benzene rings is 1. The maximum atomic E-state index is 6.04. The summed E-state index contributed by atoms with van der Waals surface area (Å²) >= 11 is 5.23. The second kappa shape index (κ2) is 7.38. The number of aryl methyl sites for hydroxylation is 2. The molecule has 1 heterocycles. The molecular weight excluding hydrogens is 348 g/mol. The summed E-state index contributed by atoms with van der Waals surface area (Å²) in [6, 6.07) is 4.26. The number of nitrogens with two attached hydrogens (primary N) is 1. The van der Waals surface area contributed by atoms with E-state index in [1.54, 1.807) is 11.3 Å². The van der Waals surface area contributed by atoms with Gasteiger partial charge < -0.3 is 10.5 Å². The molecule has 2 rings (SSSR count). The number of hydrogen-bond acceptors (Lipinski definition) is 4. The van der Waals surface area contributed by atoms with Gasteiger partial charge in [0.2, 0.25) is 0 Å². The summed E-state index contributed by atoms with van der Waals surface area (Å²) in [5.74, 6) is 0.932.